The molecule has 0 aliphatic heterocycles. The Morgan fingerprint density at radius 2 is 2.12 bits per heavy atom. The molecule has 0 aliphatic rings. The van der Waals surface area contributed by atoms with Crippen molar-refractivity contribution in [3.8, 4) is 0 Å². The van der Waals surface area contributed by atoms with Gasteiger partial charge in [-0.05, 0) is 48.1 Å². The van der Waals surface area contributed by atoms with Crippen LogP contribution in [0.25, 0.3) is 0 Å². The van der Waals surface area contributed by atoms with Crippen molar-refractivity contribution in [1.29, 1.82) is 0 Å². The maximum absolute atomic E-state index is 5.98. The predicted octanol–water partition coefficient (Wildman–Crippen LogP) is 4.84. The first-order chi connectivity index (χ1) is 7.61. The van der Waals surface area contributed by atoms with Crippen molar-refractivity contribution in [3.05, 3.63) is 41.6 Å². The van der Waals surface area contributed by atoms with E-state index >= 15 is 0 Å². The highest BCUT2D eigenvalue weighted by molar-refractivity contribution is 9.10. The van der Waals surface area contributed by atoms with Gasteiger partial charge >= 0.3 is 0 Å². The summed E-state index contributed by atoms with van der Waals surface area (Å²) in [6.45, 7) is 2.12. The van der Waals surface area contributed by atoms with E-state index in [2.05, 4.69) is 40.3 Å². The molecule has 5 heteroatoms. The number of aryl methyl sites for hydroxylation is 1. The summed E-state index contributed by atoms with van der Waals surface area (Å²) < 4.78 is 2.00. The van der Waals surface area contributed by atoms with Gasteiger partial charge in [0.2, 0.25) is 0 Å². The molecule has 2 heterocycles. The van der Waals surface area contributed by atoms with E-state index in [0.29, 0.717) is 0 Å². The van der Waals surface area contributed by atoms with E-state index in [0.717, 1.165) is 4.34 Å². The van der Waals surface area contributed by atoms with Gasteiger partial charge in [-0.3, -0.25) is 0 Å². The fraction of sp³-hybridized carbons (Fsp3) is 0.273. The van der Waals surface area contributed by atoms with E-state index in [9.17, 15) is 0 Å². The molecular formula is C11H11BrClNS2. The summed E-state index contributed by atoms with van der Waals surface area (Å²) in [6, 6.07) is 6.40. The monoisotopic (exact) mass is 335 g/mol. The molecule has 2 aromatic rings. The molecule has 0 aromatic carbocycles. The summed E-state index contributed by atoms with van der Waals surface area (Å²) in [5, 5.41) is 3.33. The zero-order valence-corrected chi connectivity index (χ0v) is 12.9. The van der Waals surface area contributed by atoms with Gasteiger partial charge in [0.05, 0.1) is 10.4 Å². The zero-order valence-electron chi connectivity index (χ0n) is 8.88. The van der Waals surface area contributed by atoms with Gasteiger partial charge < -0.3 is 5.32 Å². The minimum Gasteiger partial charge on any atom is -0.308 e. The maximum Gasteiger partial charge on any atom is 0.0931 e. The Morgan fingerprint density at radius 3 is 2.56 bits per heavy atom. The Balaban J connectivity index is 2.40. The molecule has 0 aliphatic carbocycles. The van der Waals surface area contributed by atoms with Crippen LogP contribution in [0.2, 0.25) is 4.34 Å². The van der Waals surface area contributed by atoms with Crippen molar-refractivity contribution in [3.63, 3.8) is 0 Å². The molecule has 2 rings (SSSR count). The lowest BCUT2D eigenvalue weighted by Crippen LogP contribution is -2.15. The summed E-state index contributed by atoms with van der Waals surface area (Å²) >= 11 is 13.0. The first-order valence-corrected chi connectivity index (χ1v) is 7.60. The summed E-state index contributed by atoms with van der Waals surface area (Å²) in [7, 11) is 1.97. The maximum atomic E-state index is 5.98. The van der Waals surface area contributed by atoms with Crippen molar-refractivity contribution < 1.29 is 0 Å². The minimum atomic E-state index is 0.227. The fourth-order valence-electron chi connectivity index (χ4n) is 1.58. The molecule has 0 fully saturated rings. The third-order valence-corrected chi connectivity index (χ3v) is 5.60. The molecule has 0 saturated carbocycles. The third kappa shape index (κ3) is 2.51. The van der Waals surface area contributed by atoms with Crippen molar-refractivity contribution in [2.24, 2.45) is 0 Å². The number of nitrogens with one attached hydrogen (secondary N) is 1. The van der Waals surface area contributed by atoms with Gasteiger partial charge in [0.25, 0.3) is 0 Å². The molecule has 0 spiro atoms. The van der Waals surface area contributed by atoms with E-state index in [-0.39, 0.29) is 6.04 Å². The Bertz CT molecular complexity index is 492. The minimum absolute atomic E-state index is 0.227. The SMILES string of the molecule is CNC(c1ccc(Cl)s1)c1sc(C)cc1Br. The highest BCUT2D eigenvalue weighted by Crippen LogP contribution is 2.38. The molecule has 1 nitrogen and oxygen atoms in total. The van der Waals surface area contributed by atoms with Crippen LogP contribution in [-0.4, -0.2) is 7.05 Å². The summed E-state index contributed by atoms with van der Waals surface area (Å²) in [5.41, 5.74) is 0. The first-order valence-electron chi connectivity index (χ1n) is 4.80. The largest absolute Gasteiger partial charge is 0.308 e. The van der Waals surface area contributed by atoms with Crippen LogP contribution in [0.1, 0.15) is 20.7 Å². The Morgan fingerprint density at radius 1 is 1.38 bits per heavy atom. The van der Waals surface area contributed by atoms with Crippen molar-refractivity contribution in [2.75, 3.05) is 7.05 Å². The molecule has 86 valence electrons. The number of hydrogen-bond donors (Lipinski definition) is 1. The van der Waals surface area contributed by atoms with Crippen LogP contribution in [0.4, 0.5) is 0 Å². The standard InChI is InChI=1S/C11H11BrClNS2/c1-6-5-7(12)11(15-6)10(14-2)8-3-4-9(13)16-8/h3-5,10,14H,1-2H3. The van der Waals surface area contributed by atoms with E-state index in [1.165, 1.54) is 19.1 Å². The predicted molar refractivity (Wildman–Crippen MR) is 77.0 cm³/mol. The van der Waals surface area contributed by atoms with Gasteiger partial charge in [-0.25, -0.2) is 0 Å². The van der Waals surface area contributed by atoms with Gasteiger partial charge in [-0.1, -0.05) is 11.6 Å². The van der Waals surface area contributed by atoms with Crippen LogP contribution in [0.3, 0.4) is 0 Å². The molecule has 2 aromatic heterocycles. The molecular weight excluding hydrogens is 326 g/mol. The van der Waals surface area contributed by atoms with Crippen LogP contribution in [-0.2, 0) is 0 Å². The molecule has 0 saturated heterocycles. The average Bonchev–Trinajstić information content (AvgIpc) is 2.76. The smallest absolute Gasteiger partial charge is 0.0931 e. The summed E-state index contributed by atoms with van der Waals surface area (Å²) in [4.78, 5) is 3.86. The van der Waals surface area contributed by atoms with Crippen LogP contribution in [0.5, 0.6) is 0 Å². The van der Waals surface area contributed by atoms with E-state index in [1.807, 2.05) is 13.1 Å². The molecule has 1 unspecified atom stereocenters. The number of hydrogen-bond acceptors (Lipinski definition) is 3. The lowest BCUT2D eigenvalue weighted by atomic mass is 10.2. The zero-order chi connectivity index (χ0) is 11.7. The van der Waals surface area contributed by atoms with Gasteiger partial charge in [-0.15, -0.1) is 22.7 Å². The fourth-order valence-corrected chi connectivity index (χ4v) is 4.85. The van der Waals surface area contributed by atoms with Crippen LogP contribution < -0.4 is 5.32 Å². The second-order valence-electron chi connectivity index (χ2n) is 3.43. The first kappa shape index (κ1) is 12.6. The number of rotatable bonds is 3. The lowest BCUT2D eigenvalue weighted by molar-refractivity contribution is 0.714. The highest BCUT2D eigenvalue weighted by atomic mass is 79.9. The molecule has 16 heavy (non-hydrogen) atoms. The van der Waals surface area contributed by atoms with Gasteiger partial charge in [0.15, 0.2) is 0 Å². The quantitative estimate of drug-likeness (QED) is 0.845. The second-order valence-corrected chi connectivity index (χ2v) is 7.32. The molecule has 0 bridgehead atoms. The van der Waals surface area contributed by atoms with Crippen LogP contribution in [0.15, 0.2) is 22.7 Å². The van der Waals surface area contributed by atoms with Crippen LogP contribution >= 0.6 is 50.2 Å². The van der Waals surface area contributed by atoms with E-state index < -0.39 is 0 Å². The summed E-state index contributed by atoms with van der Waals surface area (Å²) in [6.07, 6.45) is 0. The Kier molecular flexibility index (Phi) is 4.08. The molecule has 1 N–H and O–H groups in total. The van der Waals surface area contributed by atoms with E-state index in [1.54, 1.807) is 22.7 Å². The number of thiophene rings is 2. The van der Waals surface area contributed by atoms with Gasteiger partial charge in [-0.2, -0.15) is 0 Å². The van der Waals surface area contributed by atoms with Crippen LogP contribution in [0, 0.1) is 6.92 Å². The van der Waals surface area contributed by atoms with Crippen molar-refractivity contribution in [1.82, 2.24) is 5.32 Å². The van der Waals surface area contributed by atoms with Crippen molar-refractivity contribution in [2.45, 2.75) is 13.0 Å². The topological polar surface area (TPSA) is 12.0 Å². The normalized spacial score (nSPS) is 13.0. The average molecular weight is 337 g/mol. The van der Waals surface area contributed by atoms with Gasteiger partial charge in [0, 0.05) is 19.1 Å². The molecule has 0 amide bonds. The van der Waals surface area contributed by atoms with Gasteiger partial charge in [0.1, 0.15) is 0 Å². The van der Waals surface area contributed by atoms with E-state index in [4.69, 9.17) is 11.6 Å². The highest BCUT2D eigenvalue weighted by Gasteiger charge is 2.19. The number of halogens is 2. The Labute approximate surface area is 117 Å². The van der Waals surface area contributed by atoms with Crippen molar-refractivity contribution >= 4 is 50.2 Å². The molecule has 0 radical (unpaired) electrons. The summed E-state index contributed by atoms with van der Waals surface area (Å²) in [5.74, 6) is 0. The lowest BCUT2D eigenvalue weighted by Gasteiger charge is -2.13. The Hall–Kier alpha value is 0.130. The molecule has 1 atom stereocenters. The third-order valence-electron chi connectivity index (χ3n) is 2.27. The second kappa shape index (κ2) is 5.19.